The van der Waals surface area contributed by atoms with E-state index in [0.29, 0.717) is 18.5 Å². The van der Waals surface area contributed by atoms with E-state index in [1.807, 2.05) is 30.3 Å². The minimum atomic E-state index is 0.190. The predicted octanol–water partition coefficient (Wildman–Crippen LogP) is 3.82. The van der Waals surface area contributed by atoms with Crippen molar-refractivity contribution in [3.8, 4) is 5.75 Å². The average Bonchev–Trinajstić information content (AvgIpc) is 3.06. The Labute approximate surface area is 154 Å². The molecule has 0 bridgehead atoms. The Balaban J connectivity index is 1.61. The molecule has 2 heterocycles. The van der Waals surface area contributed by atoms with E-state index in [1.54, 1.807) is 0 Å². The summed E-state index contributed by atoms with van der Waals surface area (Å²) < 4.78 is 5.95. The fourth-order valence-corrected chi connectivity index (χ4v) is 3.85. The van der Waals surface area contributed by atoms with Crippen LogP contribution < -0.4 is 10.5 Å². The second-order valence-corrected chi connectivity index (χ2v) is 6.69. The molecule has 2 aromatic carbocycles. The van der Waals surface area contributed by atoms with Crippen molar-refractivity contribution in [1.29, 1.82) is 0 Å². The Morgan fingerprint density at radius 3 is 2.65 bits per heavy atom. The molecule has 5 heteroatoms. The molecule has 4 rings (SSSR count). The van der Waals surface area contributed by atoms with Crippen LogP contribution >= 0.6 is 0 Å². The van der Waals surface area contributed by atoms with E-state index in [9.17, 15) is 0 Å². The molecule has 0 aliphatic carbocycles. The van der Waals surface area contributed by atoms with Gasteiger partial charge >= 0.3 is 0 Å². The summed E-state index contributed by atoms with van der Waals surface area (Å²) in [5.41, 5.74) is 10.4. The molecule has 134 valence electrons. The Morgan fingerprint density at radius 1 is 1.12 bits per heavy atom. The van der Waals surface area contributed by atoms with Crippen LogP contribution in [-0.2, 0) is 6.61 Å². The van der Waals surface area contributed by atoms with Gasteiger partial charge in [0.2, 0.25) is 0 Å². The zero-order valence-electron chi connectivity index (χ0n) is 15.2. The van der Waals surface area contributed by atoms with E-state index in [-0.39, 0.29) is 5.92 Å². The van der Waals surface area contributed by atoms with E-state index in [4.69, 9.17) is 15.6 Å². The second kappa shape index (κ2) is 6.83. The van der Waals surface area contributed by atoms with Gasteiger partial charge in [-0.15, -0.1) is 0 Å². The molecule has 2 N–H and O–H groups in total. The van der Waals surface area contributed by atoms with Crippen molar-refractivity contribution >= 4 is 17.2 Å². The Morgan fingerprint density at radius 2 is 1.92 bits per heavy atom. The molecule has 0 amide bonds. The number of nitrogens with two attached hydrogens (primary N) is 1. The lowest BCUT2D eigenvalue weighted by atomic mass is 9.83. The zero-order chi connectivity index (χ0) is 18.1. The first-order valence-corrected chi connectivity index (χ1v) is 9.21. The number of hydrazone groups is 1. The van der Waals surface area contributed by atoms with Crippen LogP contribution in [0.2, 0.25) is 0 Å². The van der Waals surface area contributed by atoms with Gasteiger partial charge in [0.25, 0.3) is 0 Å². The summed E-state index contributed by atoms with van der Waals surface area (Å²) in [7, 11) is 0. The summed E-state index contributed by atoms with van der Waals surface area (Å²) in [4.78, 5) is 4.60. The van der Waals surface area contributed by atoms with Crippen molar-refractivity contribution in [3.05, 3.63) is 59.7 Å². The minimum Gasteiger partial charge on any atom is -0.489 e. The van der Waals surface area contributed by atoms with Crippen LogP contribution in [-0.4, -0.2) is 29.1 Å². The maximum absolute atomic E-state index is 6.24. The van der Waals surface area contributed by atoms with Crippen LogP contribution in [0.5, 0.6) is 5.75 Å². The highest BCUT2D eigenvalue weighted by Crippen LogP contribution is 2.42. The van der Waals surface area contributed by atoms with E-state index in [1.165, 1.54) is 5.56 Å². The van der Waals surface area contributed by atoms with Crippen molar-refractivity contribution < 1.29 is 4.74 Å². The quantitative estimate of drug-likeness (QED) is 0.893. The molecule has 0 radical (unpaired) electrons. The van der Waals surface area contributed by atoms with E-state index >= 15 is 0 Å². The van der Waals surface area contributed by atoms with E-state index in [0.717, 1.165) is 35.7 Å². The van der Waals surface area contributed by atoms with E-state index in [2.05, 4.69) is 42.0 Å². The third kappa shape index (κ3) is 2.83. The van der Waals surface area contributed by atoms with Crippen molar-refractivity contribution in [2.45, 2.75) is 38.8 Å². The normalized spacial score (nSPS) is 20.9. The van der Waals surface area contributed by atoms with Crippen LogP contribution in [0.4, 0.5) is 5.69 Å². The molecule has 5 nitrogen and oxygen atoms in total. The largest absolute Gasteiger partial charge is 0.489 e. The first-order valence-electron chi connectivity index (χ1n) is 9.21. The van der Waals surface area contributed by atoms with Gasteiger partial charge < -0.3 is 10.5 Å². The Kier molecular flexibility index (Phi) is 4.37. The summed E-state index contributed by atoms with van der Waals surface area (Å²) in [6.07, 6.45) is 1.02. The first-order chi connectivity index (χ1) is 12.7. The van der Waals surface area contributed by atoms with Gasteiger partial charge in [-0.2, -0.15) is 5.10 Å². The number of nitrogens with zero attached hydrogens (tertiary/aromatic N) is 3. The smallest absolute Gasteiger partial charge is 0.148 e. The van der Waals surface area contributed by atoms with Gasteiger partial charge in [0, 0.05) is 12.6 Å². The molecular formula is C21H24N4O. The highest BCUT2D eigenvalue weighted by atomic mass is 16.5. The van der Waals surface area contributed by atoms with Crippen LogP contribution in [0.15, 0.2) is 58.6 Å². The van der Waals surface area contributed by atoms with Crippen LogP contribution in [0, 0.1) is 0 Å². The lowest BCUT2D eigenvalue weighted by Gasteiger charge is -2.28. The number of aliphatic imine (C=N–C) groups is 1. The van der Waals surface area contributed by atoms with Gasteiger partial charge in [0.15, 0.2) is 0 Å². The molecule has 0 spiro atoms. The summed E-state index contributed by atoms with van der Waals surface area (Å²) in [6, 6.07) is 16.6. The predicted molar refractivity (Wildman–Crippen MR) is 105 cm³/mol. The van der Waals surface area contributed by atoms with Crippen LogP contribution in [0.25, 0.3) is 0 Å². The fraction of sp³-hybridized carbons (Fsp3) is 0.333. The Bertz CT molecular complexity index is 860. The van der Waals surface area contributed by atoms with Crippen molar-refractivity contribution in [3.63, 3.8) is 0 Å². The summed E-state index contributed by atoms with van der Waals surface area (Å²) in [5, 5.41) is 6.86. The number of hydrogen-bond donors (Lipinski definition) is 1. The molecule has 2 aliphatic heterocycles. The molecule has 0 aromatic heterocycles. The number of amidine groups is 1. The lowest BCUT2D eigenvalue weighted by Crippen LogP contribution is -2.36. The van der Waals surface area contributed by atoms with Gasteiger partial charge in [-0.3, -0.25) is 5.01 Å². The number of benzene rings is 2. The molecule has 2 unspecified atom stereocenters. The molecular weight excluding hydrogens is 324 g/mol. The highest BCUT2D eigenvalue weighted by molar-refractivity contribution is 6.44. The summed E-state index contributed by atoms with van der Waals surface area (Å²) >= 11 is 0. The van der Waals surface area contributed by atoms with E-state index < -0.39 is 0 Å². The lowest BCUT2D eigenvalue weighted by molar-refractivity contribution is 0.225. The van der Waals surface area contributed by atoms with Gasteiger partial charge in [-0.1, -0.05) is 43.3 Å². The number of ether oxygens (including phenoxy) is 1. The SMILES string of the molecule is CCC1C2C(=NN1CC)C(N)=Nc1cc(OCc3ccccc3)ccc12. The van der Waals surface area contributed by atoms with Gasteiger partial charge in [0.05, 0.1) is 17.6 Å². The van der Waals surface area contributed by atoms with Crippen LogP contribution in [0.1, 0.15) is 37.3 Å². The molecule has 2 atom stereocenters. The maximum atomic E-state index is 6.24. The van der Waals surface area contributed by atoms with Gasteiger partial charge in [0.1, 0.15) is 23.9 Å². The third-order valence-corrected chi connectivity index (χ3v) is 5.13. The third-order valence-electron chi connectivity index (χ3n) is 5.13. The monoisotopic (exact) mass is 348 g/mol. The van der Waals surface area contributed by atoms with Crippen molar-refractivity contribution in [2.75, 3.05) is 6.54 Å². The highest BCUT2D eigenvalue weighted by Gasteiger charge is 2.41. The number of rotatable bonds is 5. The van der Waals surface area contributed by atoms with Gasteiger partial charge in [-0.05, 0) is 30.5 Å². The first kappa shape index (κ1) is 16.6. The topological polar surface area (TPSA) is 63.2 Å². The van der Waals surface area contributed by atoms with Crippen molar-refractivity contribution in [2.24, 2.45) is 15.8 Å². The minimum absolute atomic E-state index is 0.190. The molecule has 0 fully saturated rings. The second-order valence-electron chi connectivity index (χ2n) is 6.69. The maximum Gasteiger partial charge on any atom is 0.148 e. The van der Waals surface area contributed by atoms with Gasteiger partial charge in [-0.25, -0.2) is 4.99 Å². The molecule has 0 saturated carbocycles. The molecule has 26 heavy (non-hydrogen) atoms. The summed E-state index contributed by atoms with van der Waals surface area (Å²) in [6.45, 7) is 5.74. The summed E-state index contributed by atoms with van der Waals surface area (Å²) in [5.74, 6) is 1.52. The number of fused-ring (bicyclic) bond motifs is 3. The molecule has 0 saturated heterocycles. The average molecular weight is 348 g/mol. The zero-order valence-corrected chi connectivity index (χ0v) is 15.2. The standard InChI is InChI=1S/C21H24N4O/c1-3-18-19-16-11-10-15(26-13-14-8-6-5-7-9-14)12-17(16)23-21(22)20(19)24-25(18)4-2/h5-12,18-19H,3-4,13H2,1-2H3,(H2,22,23). The van der Waals surface area contributed by atoms with Crippen molar-refractivity contribution in [1.82, 2.24) is 5.01 Å². The fourth-order valence-electron chi connectivity index (χ4n) is 3.85. The number of hydrogen-bond acceptors (Lipinski definition) is 5. The Hall–Kier alpha value is -2.82. The molecule has 2 aromatic rings. The number of likely N-dealkylation sites (N-methyl/N-ethyl adjacent to an activating group) is 1. The molecule has 2 aliphatic rings. The van der Waals surface area contributed by atoms with Crippen LogP contribution in [0.3, 0.4) is 0 Å².